The van der Waals surface area contributed by atoms with Crippen LogP contribution in [-0.4, -0.2) is 28.6 Å². The highest BCUT2D eigenvalue weighted by molar-refractivity contribution is 5.87. The first-order valence-electron chi connectivity index (χ1n) is 7.86. The van der Waals surface area contributed by atoms with Gasteiger partial charge in [-0.15, -0.1) is 0 Å². The smallest absolute Gasteiger partial charge is 0.120 e. The molecule has 0 radical (unpaired) electrons. The van der Waals surface area contributed by atoms with E-state index in [4.69, 9.17) is 5.73 Å². The summed E-state index contributed by atoms with van der Waals surface area (Å²) in [7, 11) is 0. The SMILES string of the molecule is CC(N)C1CCCCN1Cc1c(O)ccc2ccccc12. The van der Waals surface area contributed by atoms with E-state index in [-0.39, 0.29) is 6.04 Å². The minimum atomic E-state index is 0.169. The molecule has 112 valence electrons. The zero-order valence-electron chi connectivity index (χ0n) is 12.6. The van der Waals surface area contributed by atoms with Gasteiger partial charge in [0, 0.05) is 24.2 Å². The van der Waals surface area contributed by atoms with Gasteiger partial charge in [-0.05, 0) is 43.1 Å². The number of piperidine rings is 1. The largest absolute Gasteiger partial charge is 0.508 e. The summed E-state index contributed by atoms with van der Waals surface area (Å²) in [6, 6.07) is 12.6. The van der Waals surface area contributed by atoms with E-state index in [2.05, 4.69) is 24.0 Å². The van der Waals surface area contributed by atoms with Crippen molar-refractivity contribution in [3.05, 3.63) is 42.0 Å². The normalized spacial score (nSPS) is 21.5. The number of fused-ring (bicyclic) bond motifs is 1. The van der Waals surface area contributed by atoms with Gasteiger partial charge in [-0.1, -0.05) is 36.8 Å². The third kappa shape index (κ3) is 2.89. The number of rotatable bonds is 3. The van der Waals surface area contributed by atoms with Crippen LogP contribution >= 0.6 is 0 Å². The first-order valence-corrected chi connectivity index (χ1v) is 7.86. The van der Waals surface area contributed by atoms with Gasteiger partial charge >= 0.3 is 0 Å². The van der Waals surface area contributed by atoms with Crippen LogP contribution in [0.15, 0.2) is 36.4 Å². The average Bonchev–Trinajstić information content (AvgIpc) is 2.50. The summed E-state index contributed by atoms with van der Waals surface area (Å²) in [6.45, 7) is 3.93. The van der Waals surface area contributed by atoms with Gasteiger partial charge in [-0.3, -0.25) is 4.90 Å². The number of hydrogen-bond acceptors (Lipinski definition) is 3. The Balaban J connectivity index is 1.95. The molecule has 1 saturated heterocycles. The van der Waals surface area contributed by atoms with Crippen LogP contribution in [0.25, 0.3) is 10.8 Å². The second-order valence-corrected chi connectivity index (χ2v) is 6.18. The summed E-state index contributed by atoms with van der Waals surface area (Å²) in [5, 5.41) is 12.6. The zero-order chi connectivity index (χ0) is 14.8. The molecule has 0 saturated carbocycles. The van der Waals surface area contributed by atoms with Crippen LogP contribution in [-0.2, 0) is 6.54 Å². The molecule has 1 aliphatic rings. The van der Waals surface area contributed by atoms with Gasteiger partial charge in [0.15, 0.2) is 0 Å². The molecular weight excluding hydrogens is 260 g/mol. The lowest BCUT2D eigenvalue weighted by Gasteiger charge is -2.38. The quantitative estimate of drug-likeness (QED) is 0.909. The van der Waals surface area contributed by atoms with Gasteiger partial charge in [-0.2, -0.15) is 0 Å². The molecular formula is C18H24N2O. The van der Waals surface area contributed by atoms with Crippen LogP contribution in [0.3, 0.4) is 0 Å². The Morgan fingerprint density at radius 2 is 2.05 bits per heavy atom. The molecule has 2 atom stereocenters. The maximum absolute atomic E-state index is 10.3. The fraction of sp³-hybridized carbons (Fsp3) is 0.444. The van der Waals surface area contributed by atoms with Crippen molar-refractivity contribution in [3.8, 4) is 5.75 Å². The Hall–Kier alpha value is -1.58. The van der Waals surface area contributed by atoms with Gasteiger partial charge in [0.05, 0.1) is 0 Å². The topological polar surface area (TPSA) is 49.5 Å². The molecule has 3 rings (SSSR count). The van der Waals surface area contributed by atoms with E-state index in [9.17, 15) is 5.11 Å². The molecule has 2 aromatic rings. The standard InChI is InChI=1S/C18H24N2O/c1-13(19)17-8-4-5-11-20(17)12-16-15-7-3-2-6-14(15)9-10-18(16)21/h2-3,6-7,9-10,13,17,21H,4-5,8,11-12,19H2,1H3. The van der Waals surface area contributed by atoms with Crippen molar-refractivity contribution < 1.29 is 5.11 Å². The minimum Gasteiger partial charge on any atom is -0.508 e. The Bertz CT molecular complexity index is 624. The van der Waals surface area contributed by atoms with Crippen molar-refractivity contribution in [3.63, 3.8) is 0 Å². The summed E-state index contributed by atoms with van der Waals surface area (Å²) in [6.07, 6.45) is 3.63. The van der Waals surface area contributed by atoms with Crippen molar-refractivity contribution >= 4 is 10.8 Å². The Labute approximate surface area is 126 Å². The lowest BCUT2D eigenvalue weighted by Crippen LogP contribution is -2.48. The summed E-state index contributed by atoms with van der Waals surface area (Å²) in [5.74, 6) is 0.391. The molecule has 0 spiro atoms. The predicted octanol–water partition coefficient (Wildman–Crippen LogP) is 3.25. The van der Waals surface area contributed by atoms with E-state index < -0.39 is 0 Å². The van der Waals surface area contributed by atoms with E-state index in [0.717, 1.165) is 30.5 Å². The molecule has 2 unspecified atom stereocenters. The van der Waals surface area contributed by atoms with Crippen molar-refractivity contribution in [2.45, 2.75) is 44.8 Å². The third-order valence-corrected chi connectivity index (χ3v) is 4.65. The third-order valence-electron chi connectivity index (χ3n) is 4.65. The summed E-state index contributed by atoms with van der Waals surface area (Å²) < 4.78 is 0. The first kappa shape index (κ1) is 14.4. The lowest BCUT2D eigenvalue weighted by atomic mass is 9.95. The number of aromatic hydroxyl groups is 1. The average molecular weight is 284 g/mol. The molecule has 0 bridgehead atoms. The molecule has 2 aromatic carbocycles. The molecule has 1 heterocycles. The van der Waals surface area contributed by atoms with E-state index in [1.807, 2.05) is 24.3 Å². The van der Waals surface area contributed by atoms with Crippen molar-refractivity contribution in [1.29, 1.82) is 0 Å². The highest BCUT2D eigenvalue weighted by Crippen LogP contribution is 2.30. The number of hydrogen-bond donors (Lipinski definition) is 2. The Kier molecular flexibility index (Phi) is 4.13. The monoisotopic (exact) mass is 284 g/mol. The summed E-state index contributed by atoms with van der Waals surface area (Å²) >= 11 is 0. The number of likely N-dealkylation sites (tertiary alicyclic amines) is 1. The zero-order valence-corrected chi connectivity index (χ0v) is 12.6. The first-order chi connectivity index (χ1) is 10.2. The fourth-order valence-corrected chi connectivity index (χ4v) is 3.50. The molecule has 3 nitrogen and oxygen atoms in total. The molecule has 0 amide bonds. The molecule has 0 aromatic heterocycles. The number of nitrogens with zero attached hydrogens (tertiary/aromatic N) is 1. The maximum atomic E-state index is 10.3. The number of phenols is 1. The molecule has 1 aliphatic heterocycles. The predicted molar refractivity (Wildman–Crippen MR) is 87.3 cm³/mol. The van der Waals surface area contributed by atoms with E-state index in [1.54, 1.807) is 0 Å². The Morgan fingerprint density at radius 1 is 1.24 bits per heavy atom. The van der Waals surface area contributed by atoms with Gasteiger partial charge < -0.3 is 10.8 Å². The maximum Gasteiger partial charge on any atom is 0.120 e. The molecule has 3 heteroatoms. The van der Waals surface area contributed by atoms with Gasteiger partial charge in [0.25, 0.3) is 0 Å². The van der Waals surface area contributed by atoms with Crippen LogP contribution in [0.2, 0.25) is 0 Å². The number of benzene rings is 2. The van der Waals surface area contributed by atoms with Gasteiger partial charge in [0.1, 0.15) is 5.75 Å². The van der Waals surface area contributed by atoms with Crippen LogP contribution < -0.4 is 5.73 Å². The van der Waals surface area contributed by atoms with Gasteiger partial charge in [0.2, 0.25) is 0 Å². The van der Waals surface area contributed by atoms with Crippen molar-refractivity contribution in [2.24, 2.45) is 5.73 Å². The number of nitrogens with two attached hydrogens (primary N) is 1. The van der Waals surface area contributed by atoms with Crippen LogP contribution in [0.4, 0.5) is 0 Å². The molecule has 0 aliphatic carbocycles. The van der Waals surface area contributed by atoms with E-state index in [1.165, 1.54) is 18.2 Å². The highest BCUT2D eigenvalue weighted by Gasteiger charge is 2.26. The lowest BCUT2D eigenvalue weighted by molar-refractivity contribution is 0.122. The Morgan fingerprint density at radius 3 is 2.86 bits per heavy atom. The van der Waals surface area contributed by atoms with Gasteiger partial charge in [-0.25, -0.2) is 0 Å². The van der Waals surface area contributed by atoms with E-state index in [0.29, 0.717) is 11.8 Å². The summed E-state index contributed by atoms with van der Waals surface area (Å²) in [5.41, 5.74) is 7.19. The fourth-order valence-electron chi connectivity index (χ4n) is 3.50. The van der Waals surface area contributed by atoms with Crippen LogP contribution in [0, 0.1) is 0 Å². The van der Waals surface area contributed by atoms with E-state index >= 15 is 0 Å². The molecule has 1 fully saturated rings. The van der Waals surface area contributed by atoms with Crippen LogP contribution in [0.5, 0.6) is 5.75 Å². The van der Waals surface area contributed by atoms with Crippen molar-refractivity contribution in [1.82, 2.24) is 4.90 Å². The molecule has 3 N–H and O–H groups in total. The molecule has 21 heavy (non-hydrogen) atoms. The second kappa shape index (κ2) is 6.04. The highest BCUT2D eigenvalue weighted by atomic mass is 16.3. The second-order valence-electron chi connectivity index (χ2n) is 6.18. The van der Waals surface area contributed by atoms with Crippen LogP contribution in [0.1, 0.15) is 31.7 Å². The van der Waals surface area contributed by atoms with Crippen molar-refractivity contribution in [2.75, 3.05) is 6.54 Å². The minimum absolute atomic E-state index is 0.169. The summed E-state index contributed by atoms with van der Waals surface area (Å²) in [4.78, 5) is 2.44. The number of phenolic OH excluding ortho intramolecular Hbond substituents is 1.